The third kappa shape index (κ3) is 3.81. The number of halogens is 3. The van der Waals surface area contributed by atoms with Crippen LogP contribution in [0.1, 0.15) is 17.3 Å². The van der Waals surface area contributed by atoms with Crippen molar-refractivity contribution in [3.63, 3.8) is 0 Å². The Hall–Kier alpha value is -1.33. The topological polar surface area (TPSA) is 24.9 Å². The molecule has 2 rings (SSSR count). The van der Waals surface area contributed by atoms with Crippen LogP contribution in [0.25, 0.3) is 0 Å². The van der Waals surface area contributed by atoms with Gasteiger partial charge in [-0.3, -0.25) is 4.98 Å². The van der Waals surface area contributed by atoms with Crippen LogP contribution in [0.3, 0.4) is 0 Å². The molecule has 0 aliphatic carbocycles. The third-order valence-electron chi connectivity index (χ3n) is 2.84. The lowest BCUT2D eigenvalue weighted by Gasteiger charge is -2.16. The number of nitrogens with one attached hydrogen (secondary N) is 1. The van der Waals surface area contributed by atoms with Crippen LogP contribution in [0.5, 0.6) is 0 Å². The summed E-state index contributed by atoms with van der Waals surface area (Å²) in [6, 6.07) is 7.13. The number of rotatable bonds is 4. The summed E-state index contributed by atoms with van der Waals surface area (Å²) in [7, 11) is 1.76. The van der Waals surface area contributed by atoms with Gasteiger partial charge in [0.25, 0.3) is 0 Å². The maximum atomic E-state index is 13.2. The molecule has 0 radical (unpaired) electrons. The molecule has 0 aliphatic rings. The minimum absolute atomic E-state index is 0.182. The van der Waals surface area contributed by atoms with Crippen molar-refractivity contribution in [3.8, 4) is 0 Å². The first kappa shape index (κ1) is 14.1. The van der Waals surface area contributed by atoms with Crippen LogP contribution in [-0.2, 0) is 6.42 Å². The highest BCUT2D eigenvalue weighted by Gasteiger charge is 2.13. The molecule has 1 atom stereocenters. The molecule has 19 heavy (non-hydrogen) atoms. The van der Waals surface area contributed by atoms with Gasteiger partial charge >= 0.3 is 0 Å². The van der Waals surface area contributed by atoms with Gasteiger partial charge in [-0.2, -0.15) is 0 Å². The fourth-order valence-corrected chi connectivity index (χ4v) is 2.13. The summed E-state index contributed by atoms with van der Waals surface area (Å²) in [5.74, 6) is -1.14. The standard InChI is InChI=1S/C14H13BrF2N2/c1-18-14(7-13-3-2-10(15)8-19-13)9-4-11(16)6-12(17)5-9/h2-6,8,14,18H,7H2,1H3. The third-order valence-corrected chi connectivity index (χ3v) is 3.31. The van der Waals surface area contributed by atoms with E-state index in [-0.39, 0.29) is 6.04 Å². The molecular formula is C14H13BrF2N2. The SMILES string of the molecule is CNC(Cc1ccc(Br)cn1)c1cc(F)cc(F)c1. The number of aromatic nitrogens is 1. The van der Waals surface area contributed by atoms with Gasteiger partial charge in [-0.05, 0) is 52.8 Å². The number of likely N-dealkylation sites (N-methyl/N-ethyl adjacent to an activating group) is 1. The largest absolute Gasteiger partial charge is 0.313 e. The van der Waals surface area contributed by atoms with Crippen LogP contribution in [0.4, 0.5) is 8.78 Å². The molecule has 0 spiro atoms. The van der Waals surface area contributed by atoms with Gasteiger partial charge in [-0.15, -0.1) is 0 Å². The Morgan fingerprint density at radius 1 is 1.21 bits per heavy atom. The molecule has 100 valence electrons. The Bertz CT molecular complexity index is 538. The van der Waals surface area contributed by atoms with Crippen molar-refractivity contribution in [1.29, 1.82) is 0 Å². The zero-order valence-electron chi connectivity index (χ0n) is 10.3. The second kappa shape index (κ2) is 6.21. The normalized spacial score (nSPS) is 12.4. The van der Waals surface area contributed by atoms with Gasteiger partial charge in [-0.25, -0.2) is 8.78 Å². The molecule has 0 bridgehead atoms. The van der Waals surface area contributed by atoms with Crippen molar-refractivity contribution >= 4 is 15.9 Å². The highest BCUT2D eigenvalue weighted by Crippen LogP contribution is 2.20. The predicted molar refractivity (Wildman–Crippen MR) is 73.8 cm³/mol. The maximum Gasteiger partial charge on any atom is 0.126 e. The average molecular weight is 327 g/mol. The predicted octanol–water partition coefficient (Wildman–Crippen LogP) is 3.63. The van der Waals surface area contributed by atoms with Crippen LogP contribution in [0.2, 0.25) is 0 Å². The van der Waals surface area contributed by atoms with Crippen molar-refractivity contribution in [2.24, 2.45) is 0 Å². The Labute approximate surface area is 119 Å². The number of benzene rings is 1. The lowest BCUT2D eigenvalue weighted by Crippen LogP contribution is -2.19. The molecule has 0 saturated carbocycles. The molecule has 0 saturated heterocycles. The van der Waals surface area contributed by atoms with E-state index in [1.807, 2.05) is 12.1 Å². The highest BCUT2D eigenvalue weighted by molar-refractivity contribution is 9.10. The van der Waals surface area contributed by atoms with E-state index in [1.54, 1.807) is 13.2 Å². The summed E-state index contributed by atoms with van der Waals surface area (Å²) in [5, 5.41) is 3.05. The maximum absolute atomic E-state index is 13.2. The van der Waals surface area contributed by atoms with E-state index in [0.717, 1.165) is 16.2 Å². The Balaban J connectivity index is 2.22. The van der Waals surface area contributed by atoms with Gasteiger partial charge in [0.2, 0.25) is 0 Å². The van der Waals surface area contributed by atoms with Gasteiger partial charge in [-0.1, -0.05) is 0 Å². The molecule has 0 aliphatic heterocycles. The van der Waals surface area contributed by atoms with E-state index < -0.39 is 11.6 Å². The van der Waals surface area contributed by atoms with Crippen LogP contribution >= 0.6 is 15.9 Å². The summed E-state index contributed by atoms with van der Waals surface area (Å²) in [5.41, 5.74) is 1.43. The van der Waals surface area contributed by atoms with Crippen LogP contribution in [0.15, 0.2) is 41.0 Å². The molecule has 1 N–H and O–H groups in total. The van der Waals surface area contributed by atoms with E-state index >= 15 is 0 Å². The first-order chi connectivity index (χ1) is 9.08. The molecule has 1 heterocycles. The van der Waals surface area contributed by atoms with Gasteiger partial charge in [0.05, 0.1) is 0 Å². The summed E-state index contributed by atoms with van der Waals surface area (Å²) >= 11 is 3.32. The van der Waals surface area contributed by atoms with Crippen molar-refractivity contribution < 1.29 is 8.78 Å². The molecular weight excluding hydrogens is 314 g/mol. The molecule has 0 fully saturated rings. The summed E-state index contributed by atoms with van der Waals surface area (Å²) < 4.78 is 27.4. The van der Waals surface area contributed by atoms with E-state index in [4.69, 9.17) is 0 Å². The number of nitrogens with zero attached hydrogens (tertiary/aromatic N) is 1. The summed E-state index contributed by atoms with van der Waals surface area (Å²) in [6.07, 6.45) is 2.26. The lowest BCUT2D eigenvalue weighted by molar-refractivity contribution is 0.548. The first-order valence-corrected chi connectivity index (χ1v) is 6.61. The fraction of sp³-hybridized carbons (Fsp3) is 0.214. The monoisotopic (exact) mass is 326 g/mol. The van der Waals surface area contributed by atoms with Gasteiger partial charge < -0.3 is 5.32 Å². The van der Waals surface area contributed by atoms with E-state index in [9.17, 15) is 8.78 Å². The van der Waals surface area contributed by atoms with Crippen LogP contribution in [-0.4, -0.2) is 12.0 Å². The smallest absolute Gasteiger partial charge is 0.126 e. The molecule has 0 amide bonds. The second-order valence-electron chi connectivity index (χ2n) is 4.22. The molecule has 2 aromatic rings. The second-order valence-corrected chi connectivity index (χ2v) is 5.13. The van der Waals surface area contributed by atoms with Gasteiger partial charge in [0.15, 0.2) is 0 Å². The highest BCUT2D eigenvalue weighted by atomic mass is 79.9. The fourth-order valence-electron chi connectivity index (χ4n) is 1.90. The number of hydrogen-bond donors (Lipinski definition) is 1. The summed E-state index contributed by atoms with van der Waals surface area (Å²) in [6.45, 7) is 0. The average Bonchev–Trinajstić information content (AvgIpc) is 2.37. The zero-order valence-corrected chi connectivity index (χ0v) is 11.9. The zero-order chi connectivity index (χ0) is 13.8. The molecule has 1 aromatic heterocycles. The van der Waals surface area contributed by atoms with Gasteiger partial charge in [0.1, 0.15) is 11.6 Å². The number of pyridine rings is 1. The Morgan fingerprint density at radius 3 is 2.42 bits per heavy atom. The quantitative estimate of drug-likeness (QED) is 0.928. The molecule has 1 aromatic carbocycles. The Kier molecular flexibility index (Phi) is 4.61. The van der Waals surface area contributed by atoms with Crippen LogP contribution < -0.4 is 5.32 Å². The van der Waals surface area contributed by atoms with Crippen molar-refractivity contribution in [1.82, 2.24) is 10.3 Å². The van der Waals surface area contributed by atoms with E-state index in [0.29, 0.717) is 12.0 Å². The van der Waals surface area contributed by atoms with Gasteiger partial charge in [0, 0.05) is 34.9 Å². The van der Waals surface area contributed by atoms with E-state index in [1.165, 1.54) is 12.1 Å². The molecule has 5 heteroatoms. The summed E-state index contributed by atoms with van der Waals surface area (Å²) in [4.78, 5) is 4.26. The van der Waals surface area contributed by atoms with Crippen molar-refractivity contribution in [2.75, 3.05) is 7.05 Å². The first-order valence-electron chi connectivity index (χ1n) is 5.82. The number of hydrogen-bond acceptors (Lipinski definition) is 2. The minimum Gasteiger partial charge on any atom is -0.313 e. The molecule has 2 nitrogen and oxygen atoms in total. The van der Waals surface area contributed by atoms with Crippen molar-refractivity contribution in [3.05, 3.63) is 63.9 Å². The lowest BCUT2D eigenvalue weighted by atomic mass is 10.0. The minimum atomic E-state index is -0.570. The Morgan fingerprint density at radius 2 is 1.89 bits per heavy atom. The van der Waals surface area contributed by atoms with E-state index in [2.05, 4.69) is 26.2 Å². The van der Waals surface area contributed by atoms with Crippen LogP contribution in [0, 0.1) is 11.6 Å². The van der Waals surface area contributed by atoms with Crippen molar-refractivity contribution in [2.45, 2.75) is 12.5 Å². The molecule has 1 unspecified atom stereocenters.